The van der Waals surface area contributed by atoms with Crippen LogP contribution in [0.15, 0.2) is 36.7 Å². The van der Waals surface area contributed by atoms with Gasteiger partial charge in [-0.25, -0.2) is 9.97 Å². The Morgan fingerprint density at radius 3 is 2.39 bits per heavy atom. The zero-order valence-electron chi connectivity index (χ0n) is 8.98. The molecular formula is C11H8F3N3O. The van der Waals surface area contributed by atoms with E-state index in [1.165, 1.54) is 24.4 Å². The molecule has 18 heavy (non-hydrogen) atoms. The third-order valence-electron chi connectivity index (χ3n) is 2.06. The van der Waals surface area contributed by atoms with Gasteiger partial charge in [-0.1, -0.05) is 12.1 Å². The number of anilines is 1. The van der Waals surface area contributed by atoms with Crippen LogP contribution in [0, 0.1) is 0 Å². The van der Waals surface area contributed by atoms with Crippen molar-refractivity contribution in [1.29, 1.82) is 0 Å². The van der Waals surface area contributed by atoms with Crippen LogP contribution in [-0.4, -0.2) is 9.97 Å². The fourth-order valence-electron chi connectivity index (χ4n) is 1.28. The first-order valence-electron chi connectivity index (χ1n) is 4.88. The number of aromatic nitrogens is 2. The molecule has 1 aromatic heterocycles. The summed E-state index contributed by atoms with van der Waals surface area (Å²) in [5.74, 6) is -0.226. The van der Waals surface area contributed by atoms with E-state index in [0.717, 1.165) is 12.3 Å². The lowest BCUT2D eigenvalue weighted by Crippen LogP contribution is -2.07. The van der Waals surface area contributed by atoms with Crippen molar-refractivity contribution in [1.82, 2.24) is 9.97 Å². The molecule has 0 fully saturated rings. The second-order valence-electron chi connectivity index (χ2n) is 3.38. The third-order valence-corrected chi connectivity index (χ3v) is 2.06. The fourth-order valence-corrected chi connectivity index (χ4v) is 1.28. The zero-order valence-corrected chi connectivity index (χ0v) is 8.98. The van der Waals surface area contributed by atoms with Crippen LogP contribution in [0.1, 0.15) is 5.56 Å². The average molecular weight is 255 g/mol. The quantitative estimate of drug-likeness (QED) is 0.896. The number of ether oxygens (including phenoxy) is 1. The summed E-state index contributed by atoms with van der Waals surface area (Å²) in [6.45, 7) is 0. The van der Waals surface area contributed by atoms with Crippen molar-refractivity contribution < 1.29 is 17.9 Å². The Morgan fingerprint density at radius 1 is 1.06 bits per heavy atom. The molecule has 2 aromatic rings. The van der Waals surface area contributed by atoms with Crippen molar-refractivity contribution in [3.63, 3.8) is 0 Å². The minimum atomic E-state index is -4.49. The van der Waals surface area contributed by atoms with Gasteiger partial charge < -0.3 is 10.5 Å². The number of hydrogen-bond donors (Lipinski definition) is 1. The molecule has 2 N–H and O–H groups in total. The number of nitrogen functional groups attached to an aromatic ring is 1. The first-order valence-corrected chi connectivity index (χ1v) is 4.88. The molecular weight excluding hydrogens is 247 g/mol. The molecule has 0 aliphatic heterocycles. The van der Waals surface area contributed by atoms with Crippen LogP contribution < -0.4 is 10.5 Å². The van der Waals surface area contributed by atoms with E-state index in [-0.39, 0.29) is 17.4 Å². The SMILES string of the molecule is Nc1cnc(Oc2ccccc2C(F)(F)F)cn1. The number of nitrogens with two attached hydrogens (primary N) is 1. The molecule has 0 atom stereocenters. The maximum absolute atomic E-state index is 12.7. The Kier molecular flexibility index (Phi) is 3.05. The number of alkyl halides is 3. The van der Waals surface area contributed by atoms with Gasteiger partial charge in [-0.3, -0.25) is 0 Å². The average Bonchev–Trinajstić information content (AvgIpc) is 2.31. The van der Waals surface area contributed by atoms with Crippen molar-refractivity contribution in [2.24, 2.45) is 0 Å². The number of rotatable bonds is 2. The van der Waals surface area contributed by atoms with E-state index >= 15 is 0 Å². The highest BCUT2D eigenvalue weighted by Crippen LogP contribution is 2.37. The van der Waals surface area contributed by atoms with Crippen molar-refractivity contribution in [3.8, 4) is 11.6 Å². The van der Waals surface area contributed by atoms with Crippen molar-refractivity contribution >= 4 is 5.82 Å². The van der Waals surface area contributed by atoms with E-state index < -0.39 is 11.7 Å². The molecule has 1 heterocycles. The normalized spacial score (nSPS) is 11.3. The minimum absolute atomic E-state index is 0.0547. The maximum Gasteiger partial charge on any atom is 0.419 e. The summed E-state index contributed by atoms with van der Waals surface area (Å²) >= 11 is 0. The summed E-state index contributed by atoms with van der Waals surface area (Å²) in [4.78, 5) is 7.40. The lowest BCUT2D eigenvalue weighted by molar-refractivity contribution is -0.138. The van der Waals surface area contributed by atoms with Gasteiger partial charge in [0, 0.05) is 0 Å². The van der Waals surface area contributed by atoms with E-state index in [4.69, 9.17) is 10.5 Å². The highest BCUT2D eigenvalue weighted by molar-refractivity contribution is 5.38. The van der Waals surface area contributed by atoms with Crippen molar-refractivity contribution in [3.05, 3.63) is 42.2 Å². The molecule has 1 aromatic carbocycles. The summed E-state index contributed by atoms with van der Waals surface area (Å²) in [7, 11) is 0. The smallest absolute Gasteiger partial charge is 0.419 e. The molecule has 2 rings (SSSR count). The molecule has 0 bridgehead atoms. The van der Waals surface area contributed by atoms with Crippen molar-refractivity contribution in [2.75, 3.05) is 5.73 Å². The van der Waals surface area contributed by atoms with Crippen LogP contribution in [0.5, 0.6) is 11.6 Å². The van der Waals surface area contributed by atoms with E-state index in [0.29, 0.717) is 0 Å². The largest absolute Gasteiger partial charge is 0.437 e. The van der Waals surface area contributed by atoms with Gasteiger partial charge in [0.05, 0.1) is 18.0 Å². The molecule has 0 aliphatic carbocycles. The Hall–Kier alpha value is -2.31. The molecule has 0 amide bonds. The highest BCUT2D eigenvalue weighted by Gasteiger charge is 2.34. The minimum Gasteiger partial charge on any atom is -0.437 e. The van der Waals surface area contributed by atoms with Crippen molar-refractivity contribution in [2.45, 2.75) is 6.18 Å². The number of benzene rings is 1. The fraction of sp³-hybridized carbons (Fsp3) is 0.0909. The predicted molar refractivity (Wildman–Crippen MR) is 58.0 cm³/mol. The van der Waals surface area contributed by atoms with Crippen LogP contribution in [0.25, 0.3) is 0 Å². The Morgan fingerprint density at radius 2 is 1.78 bits per heavy atom. The Bertz CT molecular complexity index is 540. The standard InChI is InChI=1S/C11H8F3N3O/c12-11(13,14)7-3-1-2-4-8(7)18-10-6-16-9(15)5-17-10/h1-6H,(H2,15,16). The van der Waals surface area contributed by atoms with Crippen LogP contribution in [0.4, 0.5) is 19.0 Å². The lowest BCUT2D eigenvalue weighted by Gasteiger charge is -2.12. The second-order valence-corrected chi connectivity index (χ2v) is 3.38. The second kappa shape index (κ2) is 4.52. The number of nitrogens with zero attached hydrogens (tertiary/aromatic N) is 2. The first kappa shape index (κ1) is 12.2. The molecule has 0 unspecified atom stereocenters. The summed E-state index contributed by atoms with van der Waals surface area (Å²) in [5, 5.41) is 0. The highest BCUT2D eigenvalue weighted by atomic mass is 19.4. The molecule has 94 valence electrons. The third kappa shape index (κ3) is 2.68. The van der Waals surface area contributed by atoms with E-state index in [9.17, 15) is 13.2 Å². The molecule has 0 saturated carbocycles. The van der Waals surface area contributed by atoms with Gasteiger partial charge in [-0.15, -0.1) is 0 Å². The monoisotopic (exact) mass is 255 g/mol. The summed E-state index contributed by atoms with van der Waals surface area (Å²) in [6.07, 6.45) is -2.13. The molecule has 7 heteroatoms. The van der Waals surface area contributed by atoms with Gasteiger partial charge in [0.1, 0.15) is 11.6 Å². The molecule has 0 radical (unpaired) electrons. The maximum atomic E-state index is 12.7. The summed E-state index contributed by atoms with van der Waals surface area (Å²) < 4.78 is 43.1. The van der Waals surface area contributed by atoms with E-state index in [2.05, 4.69) is 9.97 Å². The Labute approximate surface area is 100 Å². The topological polar surface area (TPSA) is 61.0 Å². The number of para-hydroxylation sites is 1. The van der Waals surface area contributed by atoms with Crippen LogP contribution >= 0.6 is 0 Å². The number of halogens is 3. The first-order chi connectivity index (χ1) is 8.47. The molecule has 4 nitrogen and oxygen atoms in total. The summed E-state index contributed by atoms with van der Waals surface area (Å²) in [6, 6.07) is 4.86. The van der Waals surface area contributed by atoms with Gasteiger partial charge in [-0.2, -0.15) is 13.2 Å². The Balaban J connectivity index is 2.32. The summed E-state index contributed by atoms with van der Waals surface area (Å²) in [5.41, 5.74) is 4.44. The van der Waals surface area contributed by atoms with Gasteiger partial charge in [0.2, 0.25) is 5.88 Å². The van der Waals surface area contributed by atoms with E-state index in [1.807, 2.05) is 0 Å². The molecule has 0 aliphatic rings. The predicted octanol–water partition coefficient (Wildman–Crippen LogP) is 2.87. The van der Waals surface area contributed by atoms with Gasteiger partial charge in [0.25, 0.3) is 0 Å². The van der Waals surface area contributed by atoms with Crippen LogP contribution in [0.2, 0.25) is 0 Å². The van der Waals surface area contributed by atoms with Gasteiger partial charge in [0.15, 0.2) is 0 Å². The van der Waals surface area contributed by atoms with Gasteiger partial charge in [-0.05, 0) is 12.1 Å². The zero-order chi connectivity index (χ0) is 13.2. The lowest BCUT2D eigenvalue weighted by atomic mass is 10.2. The number of hydrogen-bond acceptors (Lipinski definition) is 4. The van der Waals surface area contributed by atoms with Crippen LogP contribution in [-0.2, 0) is 6.18 Å². The molecule has 0 spiro atoms. The van der Waals surface area contributed by atoms with Crippen LogP contribution in [0.3, 0.4) is 0 Å². The van der Waals surface area contributed by atoms with E-state index in [1.54, 1.807) is 0 Å². The molecule has 0 saturated heterocycles. The van der Waals surface area contributed by atoms with Gasteiger partial charge >= 0.3 is 6.18 Å².